The van der Waals surface area contributed by atoms with Crippen molar-refractivity contribution < 1.29 is 5.11 Å². The van der Waals surface area contributed by atoms with Crippen LogP contribution in [-0.4, -0.2) is 23.8 Å². The van der Waals surface area contributed by atoms with Crippen LogP contribution in [0, 0.1) is 11.3 Å². The molecule has 1 aliphatic rings. The second-order valence-corrected chi connectivity index (χ2v) is 5.76. The molecule has 0 amide bonds. The average molecular weight is 199 g/mol. The summed E-state index contributed by atoms with van der Waals surface area (Å²) in [7, 11) is 0. The van der Waals surface area contributed by atoms with Gasteiger partial charge in [-0.05, 0) is 51.0 Å². The highest BCUT2D eigenvalue weighted by Crippen LogP contribution is 2.51. The molecule has 0 bridgehead atoms. The molecule has 0 saturated heterocycles. The average Bonchev–Trinajstić information content (AvgIpc) is 2.77. The first-order valence-electron chi connectivity index (χ1n) is 5.79. The SMILES string of the molecule is CC(C)C1(CNCCC(C)(C)O)CC1. The Morgan fingerprint density at radius 3 is 2.29 bits per heavy atom. The van der Waals surface area contributed by atoms with Gasteiger partial charge in [-0.2, -0.15) is 0 Å². The molecule has 0 spiro atoms. The Kier molecular flexibility index (Phi) is 3.59. The van der Waals surface area contributed by atoms with Crippen LogP contribution in [-0.2, 0) is 0 Å². The molecule has 1 aliphatic carbocycles. The molecule has 14 heavy (non-hydrogen) atoms. The second-order valence-electron chi connectivity index (χ2n) is 5.76. The monoisotopic (exact) mass is 199 g/mol. The summed E-state index contributed by atoms with van der Waals surface area (Å²) in [6.45, 7) is 10.4. The van der Waals surface area contributed by atoms with Gasteiger partial charge in [0.25, 0.3) is 0 Å². The number of aliphatic hydroxyl groups is 1. The van der Waals surface area contributed by atoms with Crippen LogP contribution in [0.1, 0.15) is 47.0 Å². The van der Waals surface area contributed by atoms with Crippen LogP contribution < -0.4 is 5.32 Å². The van der Waals surface area contributed by atoms with Crippen LogP contribution in [0.2, 0.25) is 0 Å². The van der Waals surface area contributed by atoms with E-state index in [0.29, 0.717) is 5.41 Å². The summed E-state index contributed by atoms with van der Waals surface area (Å²) in [5.74, 6) is 0.789. The highest BCUT2D eigenvalue weighted by atomic mass is 16.3. The van der Waals surface area contributed by atoms with Crippen molar-refractivity contribution in [2.45, 2.75) is 52.6 Å². The Bertz CT molecular complexity index is 177. The van der Waals surface area contributed by atoms with Gasteiger partial charge in [0.15, 0.2) is 0 Å². The summed E-state index contributed by atoms with van der Waals surface area (Å²) in [5.41, 5.74) is 0.0567. The molecule has 2 nitrogen and oxygen atoms in total. The molecule has 0 atom stereocenters. The van der Waals surface area contributed by atoms with Gasteiger partial charge in [-0.1, -0.05) is 13.8 Å². The van der Waals surface area contributed by atoms with Crippen LogP contribution in [0.15, 0.2) is 0 Å². The fraction of sp³-hybridized carbons (Fsp3) is 1.00. The zero-order valence-corrected chi connectivity index (χ0v) is 10.1. The smallest absolute Gasteiger partial charge is 0.0603 e. The third-order valence-corrected chi connectivity index (χ3v) is 3.51. The predicted octanol–water partition coefficient (Wildman–Crippen LogP) is 2.17. The summed E-state index contributed by atoms with van der Waals surface area (Å²) in [6.07, 6.45) is 3.58. The predicted molar refractivity (Wildman–Crippen MR) is 60.3 cm³/mol. The van der Waals surface area contributed by atoms with Crippen molar-refractivity contribution in [3.05, 3.63) is 0 Å². The van der Waals surface area contributed by atoms with Gasteiger partial charge in [0, 0.05) is 6.54 Å². The fourth-order valence-corrected chi connectivity index (χ4v) is 1.85. The molecule has 1 rings (SSSR count). The lowest BCUT2D eigenvalue weighted by atomic mass is 9.92. The third kappa shape index (κ3) is 3.58. The van der Waals surface area contributed by atoms with Gasteiger partial charge >= 0.3 is 0 Å². The van der Waals surface area contributed by atoms with Crippen molar-refractivity contribution in [3.8, 4) is 0 Å². The summed E-state index contributed by atoms with van der Waals surface area (Å²) >= 11 is 0. The number of nitrogens with one attached hydrogen (secondary N) is 1. The second kappa shape index (κ2) is 4.19. The molecular weight excluding hydrogens is 174 g/mol. The largest absolute Gasteiger partial charge is 0.390 e. The van der Waals surface area contributed by atoms with E-state index in [-0.39, 0.29) is 0 Å². The summed E-state index contributed by atoms with van der Waals surface area (Å²) in [5, 5.41) is 13.0. The molecule has 0 aromatic carbocycles. The summed E-state index contributed by atoms with van der Waals surface area (Å²) < 4.78 is 0. The first-order valence-corrected chi connectivity index (χ1v) is 5.79. The van der Waals surface area contributed by atoms with E-state index in [9.17, 15) is 5.11 Å². The lowest BCUT2D eigenvalue weighted by Crippen LogP contribution is -2.32. The lowest BCUT2D eigenvalue weighted by molar-refractivity contribution is 0.0706. The first kappa shape index (κ1) is 12.0. The van der Waals surface area contributed by atoms with Gasteiger partial charge in [0.2, 0.25) is 0 Å². The molecule has 0 unspecified atom stereocenters. The maximum Gasteiger partial charge on any atom is 0.0603 e. The Balaban J connectivity index is 2.10. The van der Waals surface area contributed by atoms with E-state index < -0.39 is 5.60 Å². The number of rotatable bonds is 6. The molecule has 2 N–H and O–H groups in total. The molecule has 0 aromatic rings. The van der Waals surface area contributed by atoms with Crippen LogP contribution in [0.3, 0.4) is 0 Å². The van der Waals surface area contributed by atoms with Gasteiger partial charge in [-0.15, -0.1) is 0 Å². The minimum Gasteiger partial charge on any atom is -0.390 e. The standard InChI is InChI=1S/C12H25NO/c1-10(2)12(5-6-12)9-13-8-7-11(3,4)14/h10,13-14H,5-9H2,1-4H3. The Labute approximate surface area is 88.1 Å². The molecule has 0 aliphatic heterocycles. The van der Waals surface area contributed by atoms with Crippen molar-refractivity contribution in [1.29, 1.82) is 0 Å². The number of hydrogen-bond acceptors (Lipinski definition) is 2. The van der Waals surface area contributed by atoms with E-state index in [2.05, 4.69) is 19.2 Å². The van der Waals surface area contributed by atoms with Crippen LogP contribution in [0.25, 0.3) is 0 Å². The van der Waals surface area contributed by atoms with Gasteiger partial charge in [0.1, 0.15) is 0 Å². The molecule has 1 saturated carbocycles. The highest BCUT2D eigenvalue weighted by molar-refractivity contribution is 4.97. The van der Waals surface area contributed by atoms with E-state index in [1.54, 1.807) is 0 Å². The van der Waals surface area contributed by atoms with Gasteiger partial charge in [0.05, 0.1) is 5.60 Å². The van der Waals surface area contributed by atoms with Crippen molar-refractivity contribution in [3.63, 3.8) is 0 Å². The number of hydrogen-bond donors (Lipinski definition) is 2. The van der Waals surface area contributed by atoms with E-state index in [4.69, 9.17) is 0 Å². The summed E-state index contributed by atoms with van der Waals surface area (Å²) in [6, 6.07) is 0. The van der Waals surface area contributed by atoms with Crippen LogP contribution in [0.4, 0.5) is 0 Å². The first-order chi connectivity index (χ1) is 6.36. The molecule has 2 heteroatoms. The molecule has 0 radical (unpaired) electrons. The molecular formula is C12H25NO. The molecule has 1 fully saturated rings. The quantitative estimate of drug-likeness (QED) is 0.643. The van der Waals surface area contributed by atoms with E-state index in [1.165, 1.54) is 12.8 Å². The van der Waals surface area contributed by atoms with Crippen LogP contribution in [0.5, 0.6) is 0 Å². The van der Waals surface area contributed by atoms with Gasteiger partial charge in [-0.25, -0.2) is 0 Å². The van der Waals surface area contributed by atoms with Crippen molar-refractivity contribution >= 4 is 0 Å². The van der Waals surface area contributed by atoms with Crippen LogP contribution >= 0.6 is 0 Å². The van der Waals surface area contributed by atoms with E-state index in [0.717, 1.165) is 25.4 Å². The molecule has 0 aromatic heterocycles. The Morgan fingerprint density at radius 2 is 1.93 bits per heavy atom. The summed E-state index contributed by atoms with van der Waals surface area (Å²) in [4.78, 5) is 0. The van der Waals surface area contributed by atoms with Gasteiger partial charge in [-0.3, -0.25) is 0 Å². The highest BCUT2D eigenvalue weighted by Gasteiger charge is 2.44. The molecule has 84 valence electrons. The topological polar surface area (TPSA) is 32.3 Å². The maximum absolute atomic E-state index is 9.53. The van der Waals surface area contributed by atoms with E-state index in [1.807, 2.05) is 13.8 Å². The molecule has 0 heterocycles. The minimum atomic E-state index is -0.526. The maximum atomic E-state index is 9.53. The fourth-order valence-electron chi connectivity index (χ4n) is 1.85. The zero-order chi connectivity index (χ0) is 10.8. The Morgan fingerprint density at radius 1 is 1.36 bits per heavy atom. The normalized spacial score (nSPS) is 20.1. The van der Waals surface area contributed by atoms with E-state index >= 15 is 0 Å². The third-order valence-electron chi connectivity index (χ3n) is 3.51. The zero-order valence-electron chi connectivity index (χ0n) is 10.1. The van der Waals surface area contributed by atoms with Gasteiger partial charge < -0.3 is 10.4 Å². The van der Waals surface area contributed by atoms with Crippen molar-refractivity contribution in [2.75, 3.05) is 13.1 Å². The minimum absolute atomic E-state index is 0.526. The lowest BCUT2D eigenvalue weighted by Gasteiger charge is -2.22. The van der Waals surface area contributed by atoms with Crippen molar-refractivity contribution in [1.82, 2.24) is 5.32 Å². The van der Waals surface area contributed by atoms with Crippen molar-refractivity contribution in [2.24, 2.45) is 11.3 Å². The Hall–Kier alpha value is -0.0800.